The molecule has 0 bridgehead atoms. The van der Waals surface area contributed by atoms with E-state index in [1.807, 2.05) is 6.19 Å². The molecule has 0 spiro atoms. The van der Waals surface area contributed by atoms with Gasteiger partial charge in [-0.3, -0.25) is 19.9 Å². The van der Waals surface area contributed by atoms with E-state index in [-0.39, 0.29) is 6.29 Å². The molecule has 2 heterocycles. The normalized spacial score (nSPS) is 28.7. The van der Waals surface area contributed by atoms with E-state index < -0.39 is 11.4 Å². The van der Waals surface area contributed by atoms with Gasteiger partial charge in [-0.15, -0.1) is 0 Å². The number of aliphatic carboxylic acids is 1. The summed E-state index contributed by atoms with van der Waals surface area (Å²) in [6.07, 6.45) is 1.80. The lowest BCUT2D eigenvalue weighted by Gasteiger charge is -2.35. The van der Waals surface area contributed by atoms with Crippen molar-refractivity contribution in [1.29, 1.82) is 5.26 Å². The van der Waals surface area contributed by atoms with Crippen LogP contribution in [0.1, 0.15) is 13.8 Å². The average molecular weight is 267 g/mol. The number of piperazine rings is 1. The molecule has 0 aliphatic carbocycles. The molecular weight excluding hydrogens is 246 g/mol. The van der Waals surface area contributed by atoms with E-state index in [1.54, 1.807) is 13.8 Å². The molecule has 2 aliphatic rings. The molecule has 19 heavy (non-hydrogen) atoms. The Hall–Kier alpha value is -1.36. The fourth-order valence-electron chi connectivity index (χ4n) is 2.81. The van der Waals surface area contributed by atoms with Crippen molar-refractivity contribution in [3.63, 3.8) is 0 Å². The van der Waals surface area contributed by atoms with Crippen LogP contribution in [0, 0.1) is 16.9 Å². The first-order chi connectivity index (χ1) is 8.95. The van der Waals surface area contributed by atoms with E-state index in [4.69, 9.17) is 5.26 Å². The minimum absolute atomic E-state index is 0.185. The molecule has 0 amide bonds. The minimum atomic E-state index is -0.822. The third kappa shape index (κ3) is 2.81. The zero-order valence-corrected chi connectivity index (χ0v) is 11.4. The molecule has 106 valence electrons. The number of nitriles is 1. The van der Waals surface area contributed by atoms with E-state index >= 15 is 0 Å². The summed E-state index contributed by atoms with van der Waals surface area (Å²) in [5, 5.41) is 24.3. The second-order valence-electron chi connectivity index (χ2n) is 5.84. The average Bonchev–Trinajstić information content (AvgIpc) is 2.67. The standard InChI is InChI=1S/C12H21N5O2/c1-12(2,10(18)19)7-16-6-9-5-14-3-4-17(9)11(16)15-8-13/h9,11,14-15H,3-7H2,1-2H3,(H,18,19). The molecule has 2 aliphatic heterocycles. The number of nitrogens with zero attached hydrogens (tertiary/aromatic N) is 3. The Bertz CT molecular complexity index is 392. The maximum Gasteiger partial charge on any atom is 0.310 e. The first-order valence-corrected chi connectivity index (χ1v) is 6.54. The van der Waals surface area contributed by atoms with Crippen molar-refractivity contribution in [2.24, 2.45) is 5.41 Å². The lowest BCUT2D eigenvalue weighted by atomic mass is 9.93. The summed E-state index contributed by atoms with van der Waals surface area (Å²) in [5.41, 5.74) is -0.822. The van der Waals surface area contributed by atoms with Crippen LogP contribution in [0.5, 0.6) is 0 Å². The third-order valence-electron chi connectivity index (χ3n) is 3.87. The van der Waals surface area contributed by atoms with Crippen LogP contribution in [-0.4, -0.2) is 65.9 Å². The summed E-state index contributed by atoms with van der Waals surface area (Å²) in [6, 6.07) is 0.337. The molecule has 2 fully saturated rings. The molecule has 0 aromatic rings. The predicted molar refractivity (Wildman–Crippen MR) is 68.9 cm³/mol. The van der Waals surface area contributed by atoms with Crippen molar-refractivity contribution in [1.82, 2.24) is 20.4 Å². The van der Waals surface area contributed by atoms with E-state index in [0.29, 0.717) is 12.6 Å². The lowest BCUT2D eigenvalue weighted by Crippen LogP contribution is -2.56. The van der Waals surface area contributed by atoms with Crippen molar-refractivity contribution in [3.05, 3.63) is 0 Å². The van der Waals surface area contributed by atoms with Gasteiger partial charge in [0.1, 0.15) is 6.29 Å². The summed E-state index contributed by atoms with van der Waals surface area (Å²) in [6.45, 7) is 7.29. The van der Waals surface area contributed by atoms with E-state index in [0.717, 1.165) is 26.2 Å². The number of fused-ring (bicyclic) bond motifs is 1. The SMILES string of the molecule is CC(C)(CN1CC2CNCCN2C1NC#N)C(=O)O. The Balaban J connectivity index is 2.10. The van der Waals surface area contributed by atoms with Crippen molar-refractivity contribution in [2.75, 3.05) is 32.7 Å². The second kappa shape index (κ2) is 5.33. The Labute approximate surface area is 113 Å². The van der Waals surface area contributed by atoms with Gasteiger partial charge in [-0.1, -0.05) is 0 Å². The summed E-state index contributed by atoms with van der Waals surface area (Å²) < 4.78 is 0. The molecule has 0 saturated carbocycles. The zero-order valence-electron chi connectivity index (χ0n) is 11.4. The van der Waals surface area contributed by atoms with Crippen molar-refractivity contribution in [3.8, 4) is 6.19 Å². The molecule has 7 heteroatoms. The first-order valence-electron chi connectivity index (χ1n) is 6.54. The van der Waals surface area contributed by atoms with Gasteiger partial charge in [-0.05, 0) is 13.8 Å². The van der Waals surface area contributed by atoms with Crippen LogP contribution in [-0.2, 0) is 4.79 Å². The van der Waals surface area contributed by atoms with Gasteiger partial charge in [-0.2, -0.15) is 5.26 Å². The number of carbonyl (C=O) groups is 1. The van der Waals surface area contributed by atoms with Crippen LogP contribution in [0.4, 0.5) is 0 Å². The Morgan fingerprint density at radius 1 is 1.63 bits per heavy atom. The van der Waals surface area contributed by atoms with Crippen LogP contribution in [0.2, 0.25) is 0 Å². The largest absolute Gasteiger partial charge is 0.481 e. The molecule has 2 unspecified atom stereocenters. The molecule has 2 saturated heterocycles. The minimum Gasteiger partial charge on any atom is -0.481 e. The first kappa shape index (κ1) is 14.1. The fraction of sp³-hybridized carbons (Fsp3) is 0.833. The van der Waals surface area contributed by atoms with E-state index in [2.05, 4.69) is 20.4 Å². The zero-order chi connectivity index (χ0) is 14.0. The van der Waals surface area contributed by atoms with E-state index in [9.17, 15) is 9.90 Å². The van der Waals surface area contributed by atoms with Gasteiger partial charge >= 0.3 is 5.97 Å². The molecular formula is C12H21N5O2. The van der Waals surface area contributed by atoms with Gasteiger partial charge < -0.3 is 10.4 Å². The Kier molecular flexibility index (Phi) is 3.94. The summed E-state index contributed by atoms with van der Waals surface area (Å²) in [4.78, 5) is 15.5. The maximum absolute atomic E-state index is 11.2. The van der Waals surface area contributed by atoms with Crippen molar-refractivity contribution >= 4 is 5.97 Å². The summed E-state index contributed by atoms with van der Waals surface area (Å²) in [7, 11) is 0. The lowest BCUT2D eigenvalue weighted by molar-refractivity contribution is -0.148. The van der Waals surface area contributed by atoms with Crippen LogP contribution in [0.25, 0.3) is 0 Å². The number of hydrogen-bond donors (Lipinski definition) is 3. The maximum atomic E-state index is 11.2. The number of rotatable bonds is 4. The highest BCUT2D eigenvalue weighted by Gasteiger charge is 2.43. The topological polar surface area (TPSA) is 91.6 Å². The summed E-state index contributed by atoms with van der Waals surface area (Å²) in [5.74, 6) is -0.814. The van der Waals surface area contributed by atoms with Crippen molar-refractivity contribution < 1.29 is 9.90 Å². The third-order valence-corrected chi connectivity index (χ3v) is 3.87. The number of carboxylic acids is 1. The monoisotopic (exact) mass is 267 g/mol. The van der Waals surface area contributed by atoms with Gasteiger partial charge in [0.25, 0.3) is 0 Å². The van der Waals surface area contributed by atoms with Gasteiger partial charge in [0.2, 0.25) is 0 Å². The molecule has 2 atom stereocenters. The molecule has 3 N–H and O–H groups in total. The Morgan fingerprint density at radius 3 is 3.00 bits per heavy atom. The number of nitrogens with one attached hydrogen (secondary N) is 2. The second-order valence-corrected chi connectivity index (χ2v) is 5.84. The highest BCUT2D eigenvalue weighted by molar-refractivity contribution is 5.73. The number of carboxylic acid groups (broad SMARTS) is 1. The van der Waals surface area contributed by atoms with Crippen LogP contribution in [0.15, 0.2) is 0 Å². The fourth-order valence-corrected chi connectivity index (χ4v) is 2.81. The highest BCUT2D eigenvalue weighted by atomic mass is 16.4. The van der Waals surface area contributed by atoms with Crippen LogP contribution >= 0.6 is 0 Å². The molecule has 0 radical (unpaired) electrons. The van der Waals surface area contributed by atoms with E-state index in [1.165, 1.54) is 0 Å². The van der Waals surface area contributed by atoms with Gasteiger partial charge in [0, 0.05) is 38.8 Å². The van der Waals surface area contributed by atoms with Gasteiger partial charge in [-0.25, -0.2) is 0 Å². The van der Waals surface area contributed by atoms with Gasteiger partial charge in [0.05, 0.1) is 5.41 Å². The molecule has 7 nitrogen and oxygen atoms in total. The summed E-state index contributed by atoms with van der Waals surface area (Å²) >= 11 is 0. The highest BCUT2D eigenvalue weighted by Crippen LogP contribution is 2.25. The molecule has 0 aromatic carbocycles. The smallest absolute Gasteiger partial charge is 0.310 e. The van der Waals surface area contributed by atoms with Crippen LogP contribution in [0.3, 0.4) is 0 Å². The van der Waals surface area contributed by atoms with Crippen molar-refractivity contribution in [2.45, 2.75) is 26.2 Å². The van der Waals surface area contributed by atoms with Crippen LogP contribution < -0.4 is 10.6 Å². The Morgan fingerprint density at radius 2 is 2.37 bits per heavy atom. The quantitative estimate of drug-likeness (QED) is 0.446. The van der Waals surface area contributed by atoms with Gasteiger partial charge in [0.15, 0.2) is 6.19 Å². The molecule has 0 aromatic heterocycles. The number of hydrogen-bond acceptors (Lipinski definition) is 6. The molecule has 2 rings (SSSR count). The predicted octanol–water partition coefficient (Wildman–Crippen LogP) is -0.959.